The smallest absolute Gasteiger partial charge is 0.381 e. The van der Waals surface area contributed by atoms with E-state index in [4.69, 9.17) is 20.5 Å². The Morgan fingerprint density at radius 2 is 2.08 bits per heavy atom. The Kier molecular flexibility index (Phi) is 3.11. The van der Waals surface area contributed by atoms with Crippen molar-refractivity contribution >= 4 is 31.2 Å². The zero-order valence-electron chi connectivity index (χ0n) is 15.0. The first-order valence-corrected chi connectivity index (χ1v) is 8.81. The maximum absolute atomic E-state index is 13.1. The van der Waals surface area contributed by atoms with Crippen molar-refractivity contribution in [2.45, 2.75) is 17.9 Å². The van der Waals surface area contributed by atoms with Crippen LogP contribution in [0.2, 0.25) is 0 Å². The van der Waals surface area contributed by atoms with Crippen LogP contribution < -0.4 is 5.73 Å². The summed E-state index contributed by atoms with van der Waals surface area (Å²) in [6, 6.07) is 2.97. The molecule has 0 saturated heterocycles. The van der Waals surface area contributed by atoms with E-state index < -0.39 is 38.5 Å². The van der Waals surface area contributed by atoms with Crippen molar-refractivity contribution in [2.75, 3.05) is 5.73 Å². The van der Waals surface area contributed by atoms with Crippen molar-refractivity contribution in [3.05, 3.63) is 41.9 Å². The van der Waals surface area contributed by atoms with Crippen LogP contribution >= 0.6 is 10.7 Å². The molecule has 0 bridgehead atoms. The highest BCUT2D eigenvalue weighted by Gasteiger charge is 2.34. The third-order valence-electron chi connectivity index (χ3n) is 3.36. The fourth-order valence-electron chi connectivity index (χ4n) is 2.23. The zero-order valence-corrected chi connectivity index (χ0v) is 13.6. The molecule has 0 unspecified atom stereocenters. The van der Waals surface area contributed by atoms with Crippen LogP contribution in [0.25, 0.3) is 16.9 Å². The van der Waals surface area contributed by atoms with E-state index in [0.717, 1.165) is 28.8 Å². The van der Waals surface area contributed by atoms with Crippen molar-refractivity contribution in [2.24, 2.45) is 0 Å². The summed E-state index contributed by atoms with van der Waals surface area (Å²) in [5.74, 6) is -0.530. The average Bonchev–Trinajstić information content (AvgIpc) is 2.96. The first kappa shape index (κ1) is 13.9. The standard InChI is InChI=1S/C14H10ClF3N4O2S/c1-7-2-3-8(25(15,23)24)4-9(7)10-5-20-13-12(19)21-11(6-22(10)13)14(16,17)18/h2-6H,1H3,(H2,19,21)/i1D3. The summed E-state index contributed by atoms with van der Waals surface area (Å²) >= 11 is 0. The average molecular weight is 394 g/mol. The summed E-state index contributed by atoms with van der Waals surface area (Å²) in [6.45, 7) is -2.69. The Bertz CT molecular complexity index is 1190. The van der Waals surface area contributed by atoms with Crippen molar-refractivity contribution in [3.8, 4) is 11.3 Å². The maximum Gasteiger partial charge on any atom is 0.434 e. The number of aromatic nitrogens is 3. The number of hydrogen-bond acceptors (Lipinski definition) is 5. The van der Waals surface area contributed by atoms with Gasteiger partial charge in [-0.15, -0.1) is 0 Å². The molecule has 1 aromatic carbocycles. The third-order valence-corrected chi connectivity index (χ3v) is 4.71. The predicted octanol–water partition coefficient (Wildman–Crippen LogP) is 3.23. The van der Waals surface area contributed by atoms with Crippen LogP contribution in [0, 0.1) is 6.85 Å². The van der Waals surface area contributed by atoms with Gasteiger partial charge in [0.15, 0.2) is 17.2 Å². The number of nitrogens with two attached hydrogens (primary N) is 1. The molecule has 0 atom stereocenters. The summed E-state index contributed by atoms with van der Waals surface area (Å²) in [4.78, 5) is 6.70. The second-order valence-corrected chi connectivity index (χ2v) is 7.56. The number of benzene rings is 1. The fraction of sp³-hybridized carbons (Fsp3) is 0.143. The summed E-state index contributed by atoms with van der Waals surface area (Å²) in [5, 5.41) is 0. The van der Waals surface area contributed by atoms with E-state index in [1.165, 1.54) is 0 Å². The third kappa shape index (κ3) is 3.14. The van der Waals surface area contributed by atoms with Gasteiger partial charge < -0.3 is 5.73 Å². The van der Waals surface area contributed by atoms with Gasteiger partial charge in [-0.25, -0.2) is 18.4 Å². The van der Waals surface area contributed by atoms with Crippen LogP contribution in [0.3, 0.4) is 0 Å². The number of anilines is 1. The number of fused-ring (bicyclic) bond motifs is 1. The van der Waals surface area contributed by atoms with E-state index in [-0.39, 0.29) is 22.5 Å². The highest BCUT2D eigenvalue weighted by Crippen LogP contribution is 2.33. The molecule has 0 aliphatic rings. The first-order valence-electron chi connectivity index (χ1n) is 8.00. The maximum atomic E-state index is 13.1. The number of imidazole rings is 1. The molecule has 6 nitrogen and oxygen atoms in total. The number of rotatable bonds is 2. The minimum absolute atomic E-state index is 0.122. The highest BCUT2D eigenvalue weighted by molar-refractivity contribution is 8.13. The Morgan fingerprint density at radius 3 is 2.68 bits per heavy atom. The highest BCUT2D eigenvalue weighted by atomic mass is 35.7. The van der Waals surface area contributed by atoms with Gasteiger partial charge in [-0.05, 0) is 24.5 Å². The SMILES string of the molecule is [2H]C([2H])([2H])c1ccc(S(=O)(=O)Cl)cc1-c1cnc2c(N)nc(C(F)(F)F)cn12. The summed E-state index contributed by atoms with van der Waals surface area (Å²) < 4.78 is 86.4. The van der Waals surface area contributed by atoms with Crippen molar-refractivity contribution in [3.63, 3.8) is 0 Å². The van der Waals surface area contributed by atoms with Gasteiger partial charge >= 0.3 is 6.18 Å². The molecule has 0 saturated carbocycles. The molecule has 0 aliphatic carbocycles. The number of nitrogens with zero attached hydrogens (tertiary/aromatic N) is 3. The minimum atomic E-state index is -4.82. The fourth-order valence-corrected chi connectivity index (χ4v) is 3.01. The minimum Gasteiger partial charge on any atom is -0.381 e. The Hall–Kier alpha value is -2.33. The summed E-state index contributed by atoms with van der Waals surface area (Å²) in [7, 11) is 1.09. The largest absolute Gasteiger partial charge is 0.434 e. The number of halogens is 4. The number of hydrogen-bond donors (Lipinski definition) is 1. The second-order valence-electron chi connectivity index (χ2n) is 4.99. The van der Waals surface area contributed by atoms with Gasteiger partial charge in [0.05, 0.1) is 16.8 Å². The van der Waals surface area contributed by atoms with Crippen molar-refractivity contribution < 1.29 is 25.7 Å². The Labute approximate surface area is 148 Å². The molecule has 3 rings (SSSR count). The second kappa shape index (κ2) is 5.60. The lowest BCUT2D eigenvalue weighted by Crippen LogP contribution is -2.12. The molecule has 132 valence electrons. The summed E-state index contributed by atoms with van der Waals surface area (Å²) in [6.07, 6.45) is -3.15. The van der Waals surface area contributed by atoms with Gasteiger partial charge in [0.2, 0.25) is 0 Å². The van der Waals surface area contributed by atoms with Crippen LogP contribution in [0.1, 0.15) is 15.4 Å². The molecule has 2 heterocycles. The molecule has 2 N–H and O–H groups in total. The molecule has 0 fully saturated rings. The van der Waals surface area contributed by atoms with E-state index in [0.29, 0.717) is 6.20 Å². The number of nitrogen functional groups attached to an aromatic ring is 1. The van der Waals surface area contributed by atoms with Crippen LogP contribution in [-0.2, 0) is 15.2 Å². The predicted molar refractivity (Wildman–Crippen MR) is 85.6 cm³/mol. The lowest BCUT2D eigenvalue weighted by molar-refractivity contribution is -0.141. The van der Waals surface area contributed by atoms with Crippen LogP contribution in [0.4, 0.5) is 19.0 Å². The van der Waals surface area contributed by atoms with Crippen molar-refractivity contribution in [1.82, 2.24) is 14.4 Å². The van der Waals surface area contributed by atoms with Gasteiger partial charge in [0.25, 0.3) is 9.05 Å². The van der Waals surface area contributed by atoms with Gasteiger partial charge in [0, 0.05) is 26.6 Å². The van der Waals surface area contributed by atoms with Crippen LogP contribution in [0.5, 0.6) is 0 Å². The monoisotopic (exact) mass is 393 g/mol. The van der Waals surface area contributed by atoms with Crippen LogP contribution in [0.15, 0.2) is 35.5 Å². The van der Waals surface area contributed by atoms with Gasteiger partial charge in [-0.1, -0.05) is 6.07 Å². The Balaban J connectivity index is 2.40. The Morgan fingerprint density at radius 1 is 1.36 bits per heavy atom. The molecular weight excluding hydrogens is 381 g/mol. The quantitative estimate of drug-likeness (QED) is 0.675. The van der Waals surface area contributed by atoms with E-state index in [1.54, 1.807) is 0 Å². The van der Waals surface area contributed by atoms with E-state index >= 15 is 0 Å². The van der Waals surface area contributed by atoms with Gasteiger partial charge in [-0.3, -0.25) is 4.40 Å². The molecule has 0 spiro atoms. The topological polar surface area (TPSA) is 90.3 Å². The van der Waals surface area contributed by atoms with Gasteiger partial charge in [-0.2, -0.15) is 13.2 Å². The van der Waals surface area contributed by atoms with Crippen LogP contribution in [-0.4, -0.2) is 22.8 Å². The molecule has 3 aromatic rings. The molecule has 25 heavy (non-hydrogen) atoms. The van der Waals surface area contributed by atoms with Crippen molar-refractivity contribution in [1.29, 1.82) is 0 Å². The molecule has 2 aromatic heterocycles. The molecule has 11 heteroatoms. The number of alkyl halides is 3. The zero-order chi connectivity index (χ0) is 21.1. The normalized spacial score (nSPS) is 15.0. The van der Waals surface area contributed by atoms with E-state index in [9.17, 15) is 21.6 Å². The van der Waals surface area contributed by atoms with E-state index in [1.807, 2.05) is 0 Å². The first-order chi connectivity index (χ1) is 12.7. The molecule has 0 amide bonds. The number of aryl methyl sites for hydroxylation is 1. The molecular formula is C14H10ClF3N4O2S. The molecule has 0 radical (unpaired) electrons. The molecule has 0 aliphatic heterocycles. The lowest BCUT2D eigenvalue weighted by atomic mass is 10.1. The van der Waals surface area contributed by atoms with E-state index in [2.05, 4.69) is 9.97 Å². The summed E-state index contributed by atoms with van der Waals surface area (Å²) in [5.41, 5.74) is 3.45. The van der Waals surface area contributed by atoms with Gasteiger partial charge in [0.1, 0.15) is 0 Å². The lowest BCUT2D eigenvalue weighted by Gasteiger charge is -2.11.